The van der Waals surface area contributed by atoms with Crippen molar-refractivity contribution < 1.29 is 9.18 Å². The van der Waals surface area contributed by atoms with Crippen LogP contribution in [0.1, 0.15) is 10.5 Å². The molecule has 0 aliphatic rings. The highest BCUT2D eigenvalue weighted by atomic mass is 35.5. The summed E-state index contributed by atoms with van der Waals surface area (Å²) in [7, 11) is 0. The number of halogens is 2. The van der Waals surface area contributed by atoms with Gasteiger partial charge < -0.3 is 5.32 Å². The number of benzene rings is 1. The largest absolute Gasteiger partial charge is 0.318 e. The topological polar surface area (TPSA) is 114 Å². The highest BCUT2D eigenvalue weighted by molar-refractivity contribution is 6.33. The normalized spacial score (nSPS) is 11.0. The second-order valence-corrected chi connectivity index (χ2v) is 6.88. The molecule has 1 aromatic carbocycles. The number of aromatic nitrogens is 7. The number of H-pyrrole nitrogens is 1. The van der Waals surface area contributed by atoms with E-state index in [1.54, 1.807) is 0 Å². The minimum atomic E-state index is -0.675. The number of hydrogen-bond donors (Lipinski definition) is 2. The van der Waals surface area contributed by atoms with Crippen LogP contribution in [0.3, 0.4) is 0 Å². The van der Waals surface area contributed by atoms with Crippen molar-refractivity contribution in [3.63, 3.8) is 0 Å². The molecule has 4 heterocycles. The monoisotopic (exact) mass is 434 g/mol. The predicted octanol–water partition coefficient (Wildman–Crippen LogP) is 3.62. The average Bonchev–Trinajstić information content (AvgIpc) is 3.42. The van der Waals surface area contributed by atoms with Gasteiger partial charge in [0.1, 0.15) is 12.0 Å². The maximum Gasteiger partial charge on any atom is 0.274 e. The van der Waals surface area contributed by atoms with Gasteiger partial charge in [0.15, 0.2) is 17.3 Å². The van der Waals surface area contributed by atoms with Crippen LogP contribution in [0.2, 0.25) is 5.02 Å². The van der Waals surface area contributed by atoms with Gasteiger partial charge >= 0.3 is 0 Å². The van der Waals surface area contributed by atoms with Gasteiger partial charge in [-0.1, -0.05) is 41.9 Å². The van der Waals surface area contributed by atoms with Crippen molar-refractivity contribution in [1.82, 2.24) is 34.8 Å². The van der Waals surface area contributed by atoms with Crippen molar-refractivity contribution >= 4 is 28.8 Å². The Morgan fingerprint density at radius 2 is 2.03 bits per heavy atom. The maximum atomic E-state index is 14.6. The van der Waals surface area contributed by atoms with Gasteiger partial charge in [-0.3, -0.25) is 9.89 Å². The van der Waals surface area contributed by atoms with Gasteiger partial charge in [-0.05, 0) is 0 Å². The molecule has 1 amide bonds. The lowest BCUT2D eigenvalue weighted by molar-refractivity contribution is 0.102. The van der Waals surface area contributed by atoms with Gasteiger partial charge in [0, 0.05) is 17.8 Å². The molecule has 0 radical (unpaired) electrons. The zero-order valence-corrected chi connectivity index (χ0v) is 16.4. The molecule has 0 unspecified atom stereocenters. The number of fused-ring (bicyclic) bond motifs is 1. The third-order valence-electron chi connectivity index (χ3n) is 4.49. The van der Waals surface area contributed by atoms with Crippen molar-refractivity contribution in [2.75, 3.05) is 5.32 Å². The van der Waals surface area contributed by atoms with E-state index in [2.05, 4.69) is 35.6 Å². The van der Waals surface area contributed by atoms with Crippen molar-refractivity contribution in [3.05, 3.63) is 77.8 Å². The smallest absolute Gasteiger partial charge is 0.274 e. The van der Waals surface area contributed by atoms with Gasteiger partial charge in [0.25, 0.3) is 5.91 Å². The molecule has 0 atom stereocenters. The highest BCUT2D eigenvalue weighted by Crippen LogP contribution is 2.27. The summed E-state index contributed by atoms with van der Waals surface area (Å²) in [5.74, 6) is -0.850. The second-order valence-electron chi connectivity index (χ2n) is 6.47. The van der Waals surface area contributed by atoms with Crippen molar-refractivity contribution in [3.8, 4) is 22.6 Å². The predicted molar refractivity (Wildman–Crippen MR) is 111 cm³/mol. The molecule has 2 N–H and O–H groups in total. The Balaban J connectivity index is 1.47. The standard InChI is InChI=1S/C20H12ClFN8O/c21-13-8-23-10-24-17(13)12-7-25-28-18(12)20(31)26-15-6-16-27-19(11-4-2-1-3-5-11)29-30(16)9-14(15)22/h1-10H,(H,25,28)(H,26,31). The van der Waals surface area contributed by atoms with Crippen molar-refractivity contribution in [2.45, 2.75) is 0 Å². The Labute approximate surface area is 179 Å². The van der Waals surface area contributed by atoms with Crippen LogP contribution in [0.5, 0.6) is 0 Å². The molecule has 0 bridgehead atoms. The number of anilines is 1. The molecule has 5 rings (SSSR count). The first-order valence-corrected chi connectivity index (χ1v) is 9.40. The number of rotatable bonds is 4. The van der Waals surface area contributed by atoms with Crippen LogP contribution in [0.25, 0.3) is 28.3 Å². The quantitative estimate of drug-likeness (QED) is 0.446. The summed E-state index contributed by atoms with van der Waals surface area (Å²) in [6, 6.07) is 10.7. The molecule has 9 nitrogen and oxygen atoms in total. The van der Waals surface area contributed by atoms with Crippen LogP contribution in [-0.4, -0.2) is 40.7 Å². The fourth-order valence-corrected chi connectivity index (χ4v) is 3.25. The van der Waals surface area contributed by atoms with Crippen LogP contribution in [0.4, 0.5) is 10.1 Å². The minimum Gasteiger partial charge on any atom is -0.318 e. The molecule has 0 spiro atoms. The molecule has 0 fully saturated rings. The van der Waals surface area contributed by atoms with Gasteiger partial charge in [-0.15, -0.1) is 5.10 Å². The van der Waals surface area contributed by atoms with Gasteiger partial charge in [-0.25, -0.2) is 23.9 Å². The summed E-state index contributed by atoms with van der Waals surface area (Å²) >= 11 is 6.12. The van der Waals surface area contributed by atoms with Gasteiger partial charge in [0.2, 0.25) is 0 Å². The molecule has 0 saturated heterocycles. The molecule has 0 aliphatic carbocycles. The maximum absolute atomic E-state index is 14.6. The van der Waals surface area contributed by atoms with E-state index in [0.717, 1.165) is 11.8 Å². The van der Waals surface area contributed by atoms with Crippen molar-refractivity contribution in [2.24, 2.45) is 0 Å². The molecule has 0 aliphatic heterocycles. The number of carbonyl (C=O) groups is 1. The SMILES string of the molecule is O=C(Nc1cc2nc(-c3ccccc3)nn2cc1F)c1[nH]ncc1-c1ncncc1Cl. The van der Waals surface area contributed by atoms with E-state index in [1.165, 1.54) is 29.3 Å². The Bertz CT molecular complexity index is 1420. The summed E-state index contributed by atoms with van der Waals surface area (Å²) in [6.45, 7) is 0. The molecular weight excluding hydrogens is 423 g/mol. The van der Waals surface area contributed by atoms with Crippen LogP contribution in [-0.2, 0) is 0 Å². The number of hydrogen-bond acceptors (Lipinski definition) is 6. The molecule has 5 aromatic rings. The summed E-state index contributed by atoms with van der Waals surface area (Å²) < 4.78 is 16.0. The van der Waals surface area contributed by atoms with Gasteiger partial charge in [0.05, 0.1) is 34.4 Å². The third-order valence-corrected chi connectivity index (χ3v) is 4.77. The van der Waals surface area contributed by atoms with E-state index in [9.17, 15) is 9.18 Å². The first-order valence-electron chi connectivity index (χ1n) is 9.02. The van der Waals surface area contributed by atoms with Crippen LogP contribution in [0, 0.1) is 5.82 Å². The fraction of sp³-hybridized carbons (Fsp3) is 0. The molecule has 11 heteroatoms. The Morgan fingerprint density at radius 1 is 1.19 bits per heavy atom. The molecule has 152 valence electrons. The van der Waals surface area contributed by atoms with E-state index in [1.807, 2.05) is 30.3 Å². The zero-order valence-electron chi connectivity index (χ0n) is 15.6. The van der Waals surface area contributed by atoms with Crippen LogP contribution >= 0.6 is 11.6 Å². The van der Waals surface area contributed by atoms with E-state index in [-0.39, 0.29) is 16.4 Å². The summed E-state index contributed by atoms with van der Waals surface area (Å²) in [5, 5.41) is 13.6. The molecule has 0 saturated carbocycles. The summed E-state index contributed by atoms with van der Waals surface area (Å²) in [6.07, 6.45) is 5.27. The molecule has 31 heavy (non-hydrogen) atoms. The highest BCUT2D eigenvalue weighted by Gasteiger charge is 2.20. The Morgan fingerprint density at radius 3 is 2.84 bits per heavy atom. The second kappa shape index (κ2) is 7.58. The van der Waals surface area contributed by atoms with E-state index >= 15 is 0 Å². The van der Waals surface area contributed by atoms with Crippen molar-refractivity contribution in [1.29, 1.82) is 0 Å². The number of nitrogens with one attached hydrogen (secondary N) is 2. The number of carbonyl (C=O) groups excluding carboxylic acids is 1. The number of pyridine rings is 1. The Kier molecular flexibility index (Phi) is 4.60. The summed E-state index contributed by atoms with van der Waals surface area (Å²) in [5.41, 5.74) is 1.88. The van der Waals surface area contributed by atoms with E-state index in [0.29, 0.717) is 22.7 Å². The van der Waals surface area contributed by atoms with Crippen LogP contribution in [0.15, 0.2) is 61.3 Å². The lowest BCUT2D eigenvalue weighted by Gasteiger charge is -2.07. The van der Waals surface area contributed by atoms with Crippen LogP contribution < -0.4 is 5.32 Å². The first kappa shape index (κ1) is 18.8. The van der Waals surface area contributed by atoms with E-state index in [4.69, 9.17) is 11.6 Å². The number of aromatic amines is 1. The number of amides is 1. The minimum absolute atomic E-state index is 0.0566. The fourth-order valence-electron chi connectivity index (χ4n) is 3.04. The first-order chi connectivity index (χ1) is 15.1. The zero-order chi connectivity index (χ0) is 21.4. The van der Waals surface area contributed by atoms with E-state index < -0.39 is 11.7 Å². The lowest BCUT2D eigenvalue weighted by Crippen LogP contribution is -2.15. The molecular formula is C20H12ClFN8O. The van der Waals surface area contributed by atoms with Gasteiger partial charge in [-0.2, -0.15) is 5.10 Å². The number of nitrogens with zero attached hydrogens (tertiary/aromatic N) is 6. The molecule has 4 aromatic heterocycles. The average molecular weight is 435 g/mol. The summed E-state index contributed by atoms with van der Waals surface area (Å²) in [4.78, 5) is 25.1. The lowest BCUT2D eigenvalue weighted by atomic mass is 10.1. The Hall–Kier alpha value is -4.18. The third kappa shape index (κ3) is 3.49.